The Morgan fingerprint density at radius 1 is 1.33 bits per heavy atom. The molecule has 6 heteroatoms. The fourth-order valence-corrected chi connectivity index (χ4v) is 3.49. The Morgan fingerprint density at radius 3 is 2.88 bits per heavy atom. The lowest BCUT2D eigenvalue weighted by Crippen LogP contribution is -2.56. The summed E-state index contributed by atoms with van der Waals surface area (Å²) in [4.78, 5) is 28.8. The Balaban J connectivity index is 1.69. The van der Waals surface area contributed by atoms with E-state index in [1.54, 1.807) is 4.90 Å². The summed E-state index contributed by atoms with van der Waals surface area (Å²) in [5, 5.41) is 3.17. The second-order valence-corrected chi connectivity index (χ2v) is 6.53. The van der Waals surface area contributed by atoms with Crippen molar-refractivity contribution in [3.8, 4) is 0 Å². The van der Waals surface area contributed by atoms with E-state index in [1.807, 2.05) is 42.3 Å². The van der Waals surface area contributed by atoms with Gasteiger partial charge in [-0.1, -0.05) is 30.3 Å². The standard InChI is InChI=1S/C18H25N3O3/c1-19-9-15-7-8-20(10-15)18(23)16-12-24-13-17(22)21(16)11-14-5-3-2-4-6-14/h2-6,15-16,19H,7-13H2,1H3/t15?,16-/m1/s1. The molecule has 1 N–H and O–H groups in total. The normalized spacial score (nSPS) is 24.5. The van der Waals surface area contributed by atoms with Gasteiger partial charge in [0.2, 0.25) is 11.8 Å². The minimum atomic E-state index is -0.514. The van der Waals surface area contributed by atoms with E-state index < -0.39 is 6.04 Å². The van der Waals surface area contributed by atoms with Crippen LogP contribution in [0, 0.1) is 5.92 Å². The highest BCUT2D eigenvalue weighted by molar-refractivity contribution is 5.89. The van der Waals surface area contributed by atoms with E-state index in [9.17, 15) is 9.59 Å². The first-order valence-electron chi connectivity index (χ1n) is 8.53. The maximum absolute atomic E-state index is 12.9. The van der Waals surface area contributed by atoms with Gasteiger partial charge in [0.15, 0.2) is 0 Å². The molecule has 0 saturated carbocycles. The Kier molecular flexibility index (Phi) is 5.48. The molecule has 2 fully saturated rings. The number of nitrogens with one attached hydrogen (secondary N) is 1. The largest absolute Gasteiger partial charge is 0.369 e. The smallest absolute Gasteiger partial charge is 0.249 e. The van der Waals surface area contributed by atoms with Gasteiger partial charge in [0.05, 0.1) is 6.61 Å². The summed E-state index contributed by atoms with van der Waals surface area (Å²) in [6.07, 6.45) is 1.01. The van der Waals surface area contributed by atoms with Gasteiger partial charge >= 0.3 is 0 Å². The fourth-order valence-electron chi connectivity index (χ4n) is 3.49. The van der Waals surface area contributed by atoms with Crippen LogP contribution < -0.4 is 5.32 Å². The first kappa shape index (κ1) is 16.9. The van der Waals surface area contributed by atoms with Crippen LogP contribution in [0.15, 0.2) is 30.3 Å². The van der Waals surface area contributed by atoms with Crippen molar-refractivity contribution in [1.29, 1.82) is 0 Å². The lowest BCUT2D eigenvalue weighted by molar-refractivity contribution is -0.159. The quantitative estimate of drug-likeness (QED) is 0.853. The zero-order valence-corrected chi connectivity index (χ0v) is 14.1. The number of hydrogen-bond acceptors (Lipinski definition) is 4. The van der Waals surface area contributed by atoms with Crippen molar-refractivity contribution in [2.45, 2.75) is 19.0 Å². The number of carbonyl (C=O) groups excluding carboxylic acids is 2. The minimum Gasteiger partial charge on any atom is -0.369 e. The molecule has 0 spiro atoms. The van der Waals surface area contributed by atoms with Crippen molar-refractivity contribution in [3.05, 3.63) is 35.9 Å². The fraction of sp³-hybridized carbons (Fsp3) is 0.556. The van der Waals surface area contributed by atoms with E-state index in [0.29, 0.717) is 12.5 Å². The van der Waals surface area contributed by atoms with Crippen molar-refractivity contribution in [2.75, 3.05) is 39.9 Å². The molecule has 2 aliphatic rings. The van der Waals surface area contributed by atoms with Gasteiger partial charge in [0.1, 0.15) is 12.6 Å². The molecule has 3 rings (SSSR count). The lowest BCUT2D eigenvalue weighted by atomic mass is 10.1. The number of nitrogens with zero attached hydrogens (tertiary/aromatic N) is 2. The van der Waals surface area contributed by atoms with Crippen LogP contribution in [0.25, 0.3) is 0 Å². The molecule has 130 valence electrons. The van der Waals surface area contributed by atoms with Crippen LogP contribution in [0.1, 0.15) is 12.0 Å². The predicted octanol–water partition coefficient (Wildman–Crippen LogP) is 0.482. The van der Waals surface area contributed by atoms with Crippen molar-refractivity contribution < 1.29 is 14.3 Å². The van der Waals surface area contributed by atoms with Crippen LogP contribution in [0.2, 0.25) is 0 Å². The Bertz CT molecular complexity index is 578. The molecule has 2 heterocycles. The maximum atomic E-state index is 12.9. The SMILES string of the molecule is CNCC1CCN(C(=O)[C@H]2COCC(=O)N2Cc2ccccc2)C1. The molecule has 0 radical (unpaired) electrons. The van der Waals surface area contributed by atoms with E-state index in [-0.39, 0.29) is 25.0 Å². The summed E-state index contributed by atoms with van der Waals surface area (Å²) < 4.78 is 5.37. The van der Waals surface area contributed by atoms with E-state index >= 15 is 0 Å². The number of hydrogen-bond donors (Lipinski definition) is 1. The van der Waals surface area contributed by atoms with Gasteiger partial charge in [-0.05, 0) is 31.5 Å². The van der Waals surface area contributed by atoms with Crippen molar-refractivity contribution in [3.63, 3.8) is 0 Å². The summed E-state index contributed by atoms with van der Waals surface area (Å²) in [6, 6.07) is 9.27. The molecule has 0 aliphatic carbocycles. The van der Waals surface area contributed by atoms with Crippen molar-refractivity contribution in [1.82, 2.24) is 15.1 Å². The number of ether oxygens (including phenoxy) is 1. The van der Waals surface area contributed by atoms with Crippen molar-refractivity contribution in [2.24, 2.45) is 5.92 Å². The molecule has 1 aromatic rings. The van der Waals surface area contributed by atoms with Gasteiger partial charge in [-0.25, -0.2) is 0 Å². The molecule has 24 heavy (non-hydrogen) atoms. The number of likely N-dealkylation sites (tertiary alicyclic amines) is 1. The summed E-state index contributed by atoms with van der Waals surface area (Å²) in [7, 11) is 1.93. The van der Waals surface area contributed by atoms with Gasteiger partial charge in [-0.15, -0.1) is 0 Å². The van der Waals surface area contributed by atoms with E-state index in [1.165, 1.54) is 0 Å². The number of morpholine rings is 1. The van der Waals surface area contributed by atoms with Gasteiger partial charge in [-0.2, -0.15) is 0 Å². The molecule has 2 atom stereocenters. The zero-order valence-electron chi connectivity index (χ0n) is 14.1. The molecule has 1 unspecified atom stereocenters. The highest BCUT2D eigenvalue weighted by Gasteiger charge is 2.38. The third-order valence-corrected chi connectivity index (χ3v) is 4.77. The highest BCUT2D eigenvalue weighted by Crippen LogP contribution is 2.21. The predicted molar refractivity (Wildman–Crippen MR) is 90.2 cm³/mol. The zero-order chi connectivity index (χ0) is 16.9. The van der Waals surface area contributed by atoms with Crippen LogP contribution in [0.4, 0.5) is 0 Å². The third-order valence-electron chi connectivity index (χ3n) is 4.77. The average Bonchev–Trinajstić information content (AvgIpc) is 3.06. The Morgan fingerprint density at radius 2 is 2.12 bits per heavy atom. The molecule has 2 saturated heterocycles. The number of carbonyl (C=O) groups is 2. The second kappa shape index (κ2) is 7.77. The van der Waals surface area contributed by atoms with E-state index in [2.05, 4.69) is 5.32 Å². The summed E-state index contributed by atoms with van der Waals surface area (Å²) in [6.45, 7) is 3.22. The topological polar surface area (TPSA) is 61.9 Å². The van der Waals surface area contributed by atoms with Crippen LogP contribution >= 0.6 is 0 Å². The first-order valence-corrected chi connectivity index (χ1v) is 8.53. The summed E-state index contributed by atoms with van der Waals surface area (Å²) in [5.74, 6) is 0.383. The molecule has 6 nitrogen and oxygen atoms in total. The van der Waals surface area contributed by atoms with Crippen LogP contribution in [-0.2, 0) is 20.9 Å². The monoisotopic (exact) mass is 331 g/mol. The van der Waals surface area contributed by atoms with E-state index in [0.717, 1.165) is 31.6 Å². The number of benzene rings is 1. The maximum Gasteiger partial charge on any atom is 0.249 e. The van der Waals surface area contributed by atoms with Crippen molar-refractivity contribution >= 4 is 11.8 Å². The molecule has 2 amide bonds. The lowest BCUT2D eigenvalue weighted by Gasteiger charge is -2.36. The molecule has 0 bridgehead atoms. The Hall–Kier alpha value is -1.92. The molecule has 0 aromatic heterocycles. The number of rotatable bonds is 5. The molecular weight excluding hydrogens is 306 g/mol. The highest BCUT2D eigenvalue weighted by atomic mass is 16.5. The molecule has 2 aliphatic heterocycles. The second-order valence-electron chi connectivity index (χ2n) is 6.53. The van der Waals surface area contributed by atoms with Gasteiger partial charge in [0.25, 0.3) is 0 Å². The minimum absolute atomic E-state index is 0.0117. The average molecular weight is 331 g/mol. The molecular formula is C18H25N3O3. The van der Waals surface area contributed by atoms with Crippen LogP contribution in [0.5, 0.6) is 0 Å². The summed E-state index contributed by atoms with van der Waals surface area (Å²) >= 11 is 0. The van der Waals surface area contributed by atoms with Gasteiger partial charge < -0.3 is 19.9 Å². The number of amides is 2. The molecule has 1 aromatic carbocycles. The van der Waals surface area contributed by atoms with Gasteiger partial charge in [0, 0.05) is 19.6 Å². The van der Waals surface area contributed by atoms with Crippen LogP contribution in [-0.4, -0.2) is 67.6 Å². The first-order chi connectivity index (χ1) is 11.7. The third kappa shape index (κ3) is 3.76. The van der Waals surface area contributed by atoms with Crippen LogP contribution in [0.3, 0.4) is 0 Å². The van der Waals surface area contributed by atoms with E-state index in [4.69, 9.17) is 4.74 Å². The Labute approximate surface area is 142 Å². The summed E-state index contributed by atoms with van der Waals surface area (Å²) in [5.41, 5.74) is 1.03. The van der Waals surface area contributed by atoms with Gasteiger partial charge in [-0.3, -0.25) is 9.59 Å².